The fraction of sp³-hybridized carbons (Fsp3) is 0.409. The van der Waals surface area contributed by atoms with E-state index >= 15 is 0 Å². The van der Waals surface area contributed by atoms with Crippen molar-refractivity contribution in [3.8, 4) is 17.2 Å². The van der Waals surface area contributed by atoms with E-state index in [0.717, 1.165) is 40.8 Å². The van der Waals surface area contributed by atoms with Crippen molar-refractivity contribution in [1.82, 2.24) is 20.1 Å². The third kappa shape index (κ3) is 3.53. The molecule has 0 bridgehead atoms. The standard InChI is InChI=1S/C22H26N4O4/c1-12-19-15(10-16(14-6-7-14)24-21(19)26(2)25-12)22(27)23-11-13-8-17(28-3)20(30-5)18(9-13)29-4/h8-10,14H,6-7,11H2,1-5H3,(H,23,27). The van der Waals surface area contributed by atoms with Gasteiger partial charge in [-0.25, -0.2) is 4.98 Å². The van der Waals surface area contributed by atoms with Gasteiger partial charge in [0.1, 0.15) is 0 Å². The summed E-state index contributed by atoms with van der Waals surface area (Å²) < 4.78 is 17.9. The van der Waals surface area contributed by atoms with Gasteiger partial charge in [0.05, 0.1) is 38.0 Å². The van der Waals surface area contributed by atoms with E-state index in [-0.39, 0.29) is 5.91 Å². The first-order valence-corrected chi connectivity index (χ1v) is 9.88. The molecule has 0 aliphatic heterocycles. The van der Waals surface area contributed by atoms with Crippen molar-refractivity contribution in [2.75, 3.05) is 21.3 Å². The van der Waals surface area contributed by atoms with Crippen LogP contribution in [0.15, 0.2) is 18.2 Å². The molecule has 1 aliphatic rings. The highest BCUT2D eigenvalue weighted by molar-refractivity contribution is 6.06. The molecule has 3 aromatic rings. The molecule has 30 heavy (non-hydrogen) atoms. The number of nitrogens with one attached hydrogen (secondary N) is 1. The predicted molar refractivity (Wildman–Crippen MR) is 112 cm³/mol. The van der Waals surface area contributed by atoms with Gasteiger partial charge in [-0.15, -0.1) is 0 Å². The number of aryl methyl sites for hydroxylation is 2. The van der Waals surface area contributed by atoms with E-state index in [2.05, 4.69) is 10.4 Å². The normalized spacial score (nSPS) is 13.4. The lowest BCUT2D eigenvalue weighted by Crippen LogP contribution is -2.23. The molecular weight excluding hydrogens is 384 g/mol. The first kappa shape index (κ1) is 20.0. The van der Waals surface area contributed by atoms with E-state index < -0.39 is 0 Å². The van der Waals surface area contributed by atoms with Crippen LogP contribution >= 0.6 is 0 Å². The van der Waals surface area contributed by atoms with Gasteiger partial charge >= 0.3 is 0 Å². The zero-order valence-electron chi connectivity index (χ0n) is 17.9. The van der Waals surface area contributed by atoms with E-state index in [4.69, 9.17) is 19.2 Å². The Bertz CT molecular complexity index is 1090. The molecule has 0 radical (unpaired) electrons. The molecule has 2 heterocycles. The number of nitrogens with zero attached hydrogens (tertiary/aromatic N) is 3. The van der Waals surface area contributed by atoms with Crippen molar-refractivity contribution in [1.29, 1.82) is 0 Å². The van der Waals surface area contributed by atoms with Gasteiger partial charge in [0.15, 0.2) is 17.1 Å². The fourth-order valence-electron chi connectivity index (χ4n) is 3.75. The van der Waals surface area contributed by atoms with Gasteiger partial charge in [0.25, 0.3) is 5.91 Å². The molecule has 1 saturated carbocycles. The zero-order valence-corrected chi connectivity index (χ0v) is 17.9. The van der Waals surface area contributed by atoms with Crippen LogP contribution in [0.2, 0.25) is 0 Å². The number of amides is 1. The molecule has 1 aromatic carbocycles. The Balaban J connectivity index is 1.64. The summed E-state index contributed by atoms with van der Waals surface area (Å²) >= 11 is 0. The van der Waals surface area contributed by atoms with Crippen molar-refractivity contribution in [2.45, 2.75) is 32.2 Å². The van der Waals surface area contributed by atoms with Crippen LogP contribution in [0.1, 0.15) is 46.1 Å². The summed E-state index contributed by atoms with van der Waals surface area (Å²) in [4.78, 5) is 17.9. The van der Waals surface area contributed by atoms with Gasteiger partial charge in [-0.1, -0.05) is 0 Å². The number of aromatic nitrogens is 3. The third-order valence-electron chi connectivity index (χ3n) is 5.41. The van der Waals surface area contributed by atoms with Crippen LogP contribution in [0.25, 0.3) is 11.0 Å². The number of pyridine rings is 1. The van der Waals surface area contributed by atoms with E-state index in [9.17, 15) is 4.79 Å². The van der Waals surface area contributed by atoms with Crippen molar-refractivity contribution in [2.24, 2.45) is 7.05 Å². The van der Waals surface area contributed by atoms with Crippen LogP contribution in [0, 0.1) is 6.92 Å². The first-order valence-electron chi connectivity index (χ1n) is 9.88. The molecule has 1 aliphatic carbocycles. The number of fused-ring (bicyclic) bond motifs is 1. The molecule has 0 atom stereocenters. The number of hydrogen-bond acceptors (Lipinski definition) is 6. The van der Waals surface area contributed by atoms with Crippen LogP contribution in [0.4, 0.5) is 0 Å². The highest BCUT2D eigenvalue weighted by Crippen LogP contribution is 2.41. The quantitative estimate of drug-likeness (QED) is 0.644. The summed E-state index contributed by atoms with van der Waals surface area (Å²) in [7, 11) is 6.55. The lowest BCUT2D eigenvalue weighted by molar-refractivity contribution is 0.0952. The van der Waals surface area contributed by atoms with E-state index in [1.54, 1.807) is 26.0 Å². The third-order valence-corrected chi connectivity index (χ3v) is 5.41. The molecule has 1 amide bonds. The van der Waals surface area contributed by atoms with Crippen molar-refractivity contribution < 1.29 is 19.0 Å². The topological polar surface area (TPSA) is 87.5 Å². The Kier molecular flexibility index (Phi) is 5.24. The Labute approximate surface area is 175 Å². The Morgan fingerprint density at radius 2 is 1.80 bits per heavy atom. The Hall–Kier alpha value is -3.29. The maximum Gasteiger partial charge on any atom is 0.252 e. The Morgan fingerprint density at radius 3 is 2.37 bits per heavy atom. The van der Waals surface area contributed by atoms with E-state index in [0.29, 0.717) is 35.3 Å². The predicted octanol–water partition coefficient (Wildman–Crippen LogP) is 3.11. The summed E-state index contributed by atoms with van der Waals surface area (Å²) in [5.41, 5.74) is 3.95. The SMILES string of the molecule is COc1cc(CNC(=O)c2cc(C3CC3)nc3c2c(C)nn3C)cc(OC)c1OC. The van der Waals surface area contributed by atoms with Gasteiger partial charge < -0.3 is 19.5 Å². The summed E-state index contributed by atoms with van der Waals surface area (Å²) in [5, 5.41) is 8.27. The fourth-order valence-corrected chi connectivity index (χ4v) is 3.75. The van der Waals surface area contributed by atoms with Crippen molar-refractivity contribution >= 4 is 16.9 Å². The number of carbonyl (C=O) groups is 1. The molecule has 4 rings (SSSR count). The van der Waals surface area contributed by atoms with E-state index in [1.807, 2.05) is 32.2 Å². The maximum atomic E-state index is 13.2. The number of ether oxygens (including phenoxy) is 3. The summed E-state index contributed by atoms with van der Waals surface area (Å²) in [5.74, 6) is 1.89. The second kappa shape index (κ2) is 7.85. The highest BCUT2D eigenvalue weighted by atomic mass is 16.5. The zero-order chi connectivity index (χ0) is 21.4. The van der Waals surface area contributed by atoms with Gasteiger partial charge in [0, 0.05) is 25.2 Å². The van der Waals surface area contributed by atoms with Crippen molar-refractivity contribution in [3.63, 3.8) is 0 Å². The first-order chi connectivity index (χ1) is 14.5. The molecule has 1 N–H and O–H groups in total. The second-order valence-corrected chi connectivity index (χ2v) is 7.49. The lowest BCUT2D eigenvalue weighted by atomic mass is 10.1. The Morgan fingerprint density at radius 1 is 1.13 bits per heavy atom. The monoisotopic (exact) mass is 410 g/mol. The summed E-state index contributed by atoms with van der Waals surface area (Å²) in [6.07, 6.45) is 2.23. The highest BCUT2D eigenvalue weighted by Gasteiger charge is 2.28. The maximum absolute atomic E-state index is 13.2. The molecule has 1 fully saturated rings. The van der Waals surface area contributed by atoms with Crippen LogP contribution in [0.3, 0.4) is 0 Å². The summed E-state index contributed by atoms with van der Waals surface area (Å²) in [6, 6.07) is 5.57. The second-order valence-electron chi connectivity index (χ2n) is 7.49. The molecular formula is C22H26N4O4. The van der Waals surface area contributed by atoms with Gasteiger partial charge in [-0.05, 0) is 43.5 Å². The van der Waals surface area contributed by atoms with E-state index in [1.165, 1.54) is 0 Å². The number of carbonyl (C=O) groups excluding carboxylic acids is 1. The molecule has 0 unspecified atom stereocenters. The largest absolute Gasteiger partial charge is 0.493 e. The molecule has 158 valence electrons. The number of methoxy groups -OCH3 is 3. The van der Waals surface area contributed by atoms with Crippen LogP contribution in [-0.4, -0.2) is 42.0 Å². The molecule has 8 nitrogen and oxygen atoms in total. The number of rotatable bonds is 7. The lowest BCUT2D eigenvalue weighted by Gasteiger charge is -2.15. The van der Waals surface area contributed by atoms with Crippen LogP contribution in [0.5, 0.6) is 17.2 Å². The number of hydrogen-bond donors (Lipinski definition) is 1. The number of benzene rings is 1. The van der Waals surface area contributed by atoms with Gasteiger partial charge in [-0.2, -0.15) is 5.10 Å². The molecule has 0 spiro atoms. The van der Waals surface area contributed by atoms with Gasteiger partial charge in [0.2, 0.25) is 5.75 Å². The van der Waals surface area contributed by atoms with Gasteiger partial charge in [-0.3, -0.25) is 9.48 Å². The van der Waals surface area contributed by atoms with Crippen molar-refractivity contribution in [3.05, 3.63) is 40.7 Å². The minimum atomic E-state index is -0.158. The van der Waals surface area contributed by atoms with Crippen LogP contribution in [-0.2, 0) is 13.6 Å². The minimum absolute atomic E-state index is 0.158. The molecule has 8 heteroatoms. The smallest absolute Gasteiger partial charge is 0.252 e. The average Bonchev–Trinajstić information content (AvgIpc) is 3.56. The minimum Gasteiger partial charge on any atom is -0.493 e. The molecule has 2 aromatic heterocycles. The summed E-state index contributed by atoms with van der Waals surface area (Å²) in [6.45, 7) is 2.22. The average molecular weight is 410 g/mol. The van der Waals surface area contributed by atoms with Crippen LogP contribution < -0.4 is 19.5 Å². The molecule has 0 saturated heterocycles.